The predicted molar refractivity (Wildman–Crippen MR) is 127 cm³/mol. The van der Waals surface area contributed by atoms with Crippen LogP contribution in [-0.2, 0) is 9.53 Å². The summed E-state index contributed by atoms with van der Waals surface area (Å²) in [4.78, 5) is 46.9. The molecule has 0 N–H and O–H groups in total. The Hall–Kier alpha value is -3.98. The van der Waals surface area contributed by atoms with Gasteiger partial charge in [-0.1, -0.05) is 24.3 Å². The van der Waals surface area contributed by atoms with Crippen LogP contribution in [0.2, 0.25) is 0 Å². The van der Waals surface area contributed by atoms with Crippen molar-refractivity contribution in [2.75, 3.05) is 32.8 Å². The zero-order valence-corrected chi connectivity index (χ0v) is 19.0. The second kappa shape index (κ2) is 9.48. The van der Waals surface area contributed by atoms with Crippen LogP contribution in [-0.4, -0.2) is 65.4 Å². The number of benzene rings is 1. The molecule has 4 heterocycles. The van der Waals surface area contributed by atoms with Gasteiger partial charge in [0, 0.05) is 31.6 Å². The van der Waals surface area contributed by atoms with E-state index in [2.05, 4.69) is 4.98 Å². The fraction of sp³-hybridized carbons (Fsp3) is 0.200. The molecule has 4 aromatic rings. The highest BCUT2D eigenvalue weighted by Crippen LogP contribution is 2.28. The average Bonchev–Trinajstić information content (AvgIpc) is 3.61. The summed E-state index contributed by atoms with van der Waals surface area (Å²) in [6.45, 7) is 1.14. The zero-order valence-electron chi connectivity index (χ0n) is 18.2. The van der Waals surface area contributed by atoms with E-state index in [1.165, 1.54) is 17.6 Å². The van der Waals surface area contributed by atoms with E-state index < -0.39 is 5.97 Å². The molecule has 34 heavy (non-hydrogen) atoms. The number of hydrogen-bond donors (Lipinski definition) is 0. The fourth-order valence-corrected chi connectivity index (χ4v) is 4.59. The van der Waals surface area contributed by atoms with Gasteiger partial charge in [0.05, 0.1) is 27.9 Å². The van der Waals surface area contributed by atoms with Crippen LogP contribution in [0.5, 0.6) is 0 Å². The lowest BCUT2D eigenvalue weighted by Crippen LogP contribution is -2.51. The lowest BCUT2D eigenvalue weighted by Gasteiger charge is -2.34. The Morgan fingerprint density at radius 1 is 0.971 bits per heavy atom. The number of aromatic nitrogens is 1. The first-order valence-corrected chi connectivity index (χ1v) is 11.7. The molecule has 0 spiro atoms. The van der Waals surface area contributed by atoms with E-state index >= 15 is 0 Å². The highest BCUT2D eigenvalue weighted by molar-refractivity contribution is 7.13. The number of carbonyl (C=O) groups excluding carboxylic acids is 3. The number of furan rings is 1. The van der Waals surface area contributed by atoms with E-state index in [0.717, 1.165) is 4.88 Å². The maximum absolute atomic E-state index is 13.0. The lowest BCUT2D eigenvalue weighted by atomic mass is 10.1. The normalized spacial score (nSPS) is 13.8. The molecule has 1 aliphatic rings. The Balaban J connectivity index is 1.23. The quantitative estimate of drug-likeness (QED) is 0.409. The number of esters is 1. The van der Waals surface area contributed by atoms with Crippen molar-refractivity contribution in [1.29, 1.82) is 0 Å². The Labute approximate surface area is 199 Å². The van der Waals surface area contributed by atoms with Crippen LogP contribution < -0.4 is 0 Å². The smallest absolute Gasteiger partial charge is 0.339 e. The second-order valence-electron chi connectivity index (χ2n) is 7.78. The number of para-hydroxylation sites is 1. The second-order valence-corrected chi connectivity index (χ2v) is 8.72. The first-order chi connectivity index (χ1) is 16.6. The third-order valence-electron chi connectivity index (χ3n) is 5.69. The number of thiophene rings is 1. The van der Waals surface area contributed by atoms with Gasteiger partial charge < -0.3 is 19.0 Å². The Bertz CT molecular complexity index is 1330. The van der Waals surface area contributed by atoms with E-state index in [1.54, 1.807) is 28.0 Å². The molecule has 0 saturated carbocycles. The number of hydrogen-bond acceptors (Lipinski definition) is 7. The van der Waals surface area contributed by atoms with Crippen molar-refractivity contribution in [3.05, 3.63) is 77.6 Å². The molecule has 1 saturated heterocycles. The van der Waals surface area contributed by atoms with Crippen LogP contribution in [0.3, 0.4) is 0 Å². The topological polar surface area (TPSA) is 93.0 Å². The SMILES string of the molecule is O=C(OCC(=O)N1CCN(C(=O)c2ccco2)CC1)c1cc(-c2cccs2)nc2ccccc12. The minimum atomic E-state index is -0.573. The van der Waals surface area contributed by atoms with Crippen molar-refractivity contribution in [3.63, 3.8) is 0 Å². The number of nitrogens with zero attached hydrogens (tertiary/aromatic N) is 3. The summed E-state index contributed by atoms with van der Waals surface area (Å²) in [5.41, 5.74) is 1.74. The predicted octanol–water partition coefficient (Wildman–Crippen LogP) is 3.70. The summed E-state index contributed by atoms with van der Waals surface area (Å²) in [6, 6.07) is 16.2. The van der Waals surface area contributed by atoms with Gasteiger partial charge in [-0.15, -0.1) is 11.3 Å². The summed E-state index contributed by atoms with van der Waals surface area (Å²) in [5.74, 6) is -0.790. The van der Waals surface area contributed by atoms with Crippen LogP contribution >= 0.6 is 11.3 Å². The molecule has 1 aliphatic heterocycles. The number of rotatable bonds is 5. The summed E-state index contributed by atoms with van der Waals surface area (Å²) in [6.07, 6.45) is 1.46. The fourth-order valence-electron chi connectivity index (χ4n) is 3.91. The molecular weight excluding hydrogens is 454 g/mol. The van der Waals surface area contributed by atoms with Crippen molar-refractivity contribution < 1.29 is 23.5 Å². The molecule has 1 aromatic carbocycles. The molecule has 1 fully saturated rings. The van der Waals surface area contributed by atoms with Gasteiger partial charge in [-0.3, -0.25) is 9.59 Å². The molecule has 0 bridgehead atoms. The molecule has 0 aliphatic carbocycles. The zero-order chi connectivity index (χ0) is 23.5. The van der Waals surface area contributed by atoms with Crippen molar-refractivity contribution in [2.24, 2.45) is 0 Å². The van der Waals surface area contributed by atoms with Crippen LogP contribution in [0.4, 0.5) is 0 Å². The molecule has 0 radical (unpaired) electrons. The van der Waals surface area contributed by atoms with Crippen LogP contribution in [0.15, 0.2) is 70.7 Å². The first-order valence-electron chi connectivity index (χ1n) is 10.8. The number of amides is 2. The molecule has 8 nitrogen and oxygen atoms in total. The molecule has 5 rings (SSSR count). The standard InChI is InChI=1S/C25H21N3O5S/c29-23(27-9-11-28(12-10-27)24(30)21-7-3-13-32-21)16-33-25(31)18-15-20(22-8-4-14-34-22)26-19-6-2-1-5-17(18)19/h1-8,13-15H,9-12,16H2. The summed E-state index contributed by atoms with van der Waals surface area (Å²) >= 11 is 1.53. The van der Waals surface area contributed by atoms with Gasteiger partial charge in [0.2, 0.25) is 0 Å². The van der Waals surface area contributed by atoms with Crippen LogP contribution in [0.1, 0.15) is 20.9 Å². The third kappa shape index (κ3) is 4.42. The highest BCUT2D eigenvalue weighted by Gasteiger charge is 2.27. The van der Waals surface area contributed by atoms with E-state index in [1.807, 2.05) is 41.8 Å². The maximum Gasteiger partial charge on any atom is 0.339 e. The first kappa shape index (κ1) is 21.8. The van der Waals surface area contributed by atoms with Gasteiger partial charge in [0.15, 0.2) is 12.4 Å². The molecule has 0 unspecified atom stereocenters. The summed E-state index contributed by atoms with van der Waals surface area (Å²) in [7, 11) is 0. The number of carbonyl (C=O) groups is 3. The lowest BCUT2D eigenvalue weighted by molar-refractivity contribution is -0.136. The Morgan fingerprint density at radius 2 is 1.76 bits per heavy atom. The summed E-state index contributed by atoms with van der Waals surface area (Å²) in [5, 5.41) is 2.62. The minimum Gasteiger partial charge on any atom is -0.459 e. The molecule has 0 atom stereocenters. The Kier molecular flexibility index (Phi) is 6.09. The van der Waals surface area contributed by atoms with Crippen LogP contribution in [0, 0.1) is 0 Å². The summed E-state index contributed by atoms with van der Waals surface area (Å²) < 4.78 is 10.6. The number of ether oxygens (including phenoxy) is 1. The molecule has 2 amide bonds. The molecule has 9 heteroatoms. The van der Waals surface area contributed by atoms with Gasteiger partial charge in [-0.25, -0.2) is 9.78 Å². The number of fused-ring (bicyclic) bond motifs is 1. The van der Waals surface area contributed by atoms with Gasteiger partial charge in [-0.2, -0.15) is 0 Å². The van der Waals surface area contributed by atoms with Crippen molar-refractivity contribution >= 4 is 40.0 Å². The van der Waals surface area contributed by atoms with Crippen molar-refractivity contribution in [1.82, 2.24) is 14.8 Å². The highest BCUT2D eigenvalue weighted by atomic mass is 32.1. The van der Waals surface area contributed by atoms with Gasteiger partial charge >= 0.3 is 5.97 Å². The van der Waals surface area contributed by atoms with Gasteiger partial charge in [-0.05, 0) is 35.7 Å². The Morgan fingerprint density at radius 3 is 2.50 bits per heavy atom. The molecular formula is C25H21N3O5S. The largest absolute Gasteiger partial charge is 0.459 e. The van der Waals surface area contributed by atoms with Crippen molar-refractivity contribution in [3.8, 4) is 10.6 Å². The van der Waals surface area contributed by atoms with Crippen molar-refractivity contribution in [2.45, 2.75) is 0 Å². The monoisotopic (exact) mass is 475 g/mol. The van der Waals surface area contributed by atoms with Gasteiger partial charge in [0.25, 0.3) is 11.8 Å². The van der Waals surface area contributed by atoms with E-state index in [0.29, 0.717) is 48.3 Å². The number of pyridine rings is 1. The maximum atomic E-state index is 13.0. The van der Waals surface area contributed by atoms with Crippen LogP contribution in [0.25, 0.3) is 21.5 Å². The minimum absolute atomic E-state index is 0.199. The van der Waals surface area contributed by atoms with Gasteiger partial charge in [0.1, 0.15) is 0 Å². The van der Waals surface area contributed by atoms with E-state index in [-0.39, 0.29) is 24.2 Å². The molecule has 3 aromatic heterocycles. The third-order valence-corrected chi connectivity index (χ3v) is 6.58. The number of piperazine rings is 1. The van der Waals surface area contributed by atoms with E-state index in [4.69, 9.17) is 9.15 Å². The van der Waals surface area contributed by atoms with E-state index in [9.17, 15) is 14.4 Å². The molecule has 172 valence electrons. The average molecular weight is 476 g/mol.